The number of rotatable bonds is 2. The lowest BCUT2D eigenvalue weighted by molar-refractivity contribution is -0.123. The van der Waals surface area contributed by atoms with Crippen molar-refractivity contribution in [1.82, 2.24) is 0 Å². The first kappa shape index (κ1) is 17.2. The van der Waals surface area contributed by atoms with Crippen LogP contribution in [-0.4, -0.2) is 11.8 Å². The average molecular weight is 424 g/mol. The van der Waals surface area contributed by atoms with Crippen LogP contribution >= 0.6 is 15.9 Å². The predicted molar refractivity (Wildman–Crippen MR) is 108 cm³/mol. The van der Waals surface area contributed by atoms with E-state index in [-0.39, 0.29) is 23.7 Å². The molecule has 0 radical (unpaired) electrons. The Morgan fingerprint density at radius 2 is 1.59 bits per heavy atom. The lowest BCUT2D eigenvalue weighted by Gasteiger charge is -2.28. The van der Waals surface area contributed by atoms with Gasteiger partial charge in [0, 0.05) is 4.47 Å². The zero-order chi connectivity index (χ0) is 18.9. The molecule has 3 fully saturated rings. The van der Waals surface area contributed by atoms with Crippen molar-refractivity contribution in [1.29, 1.82) is 0 Å². The van der Waals surface area contributed by atoms with Gasteiger partial charge in [-0.15, -0.1) is 0 Å². The van der Waals surface area contributed by atoms with Gasteiger partial charge in [0.25, 0.3) is 0 Å². The fraction of sp³-hybridized carbons (Fsp3) is 0.391. The molecule has 4 heteroatoms. The van der Waals surface area contributed by atoms with E-state index in [4.69, 9.17) is 0 Å². The van der Waals surface area contributed by atoms with E-state index >= 15 is 0 Å². The molecular formula is C23H22BrNO2. The lowest BCUT2D eigenvalue weighted by Crippen LogP contribution is -2.33. The van der Waals surface area contributed by atoms with Crippen LogP contribution < -0.4 is 4.90 Å². The Morgan fingerprint density at radius 3 is 2.33 bits per heavy atom. The molecule has 5 rings (SSSR count). The fourth-order valence-corrected chi connectivity index (χ4v) is 6.23. The van der Waals surface area contributed by atoms with Gasteiger partial charge in [-0.05, 0) is 73.3 Å². The van der Waals surface area contributed by atoms with Gasteiger partial charge in [-0.25, -0.2) is 4.90 Å². The van der Waals surface area contributed by atoms with Gasteiger partial charge in [0.1, 0.15) is 0 Å². The average Bonchev–Trinajstić information content (AvgIpc) is 3.33. The Labute approximate surface area is 167 Å². The smallest absolute Gasteiger partial charge is 0.238 e. The summed E-state index contributed by atoms with van der Waals surface area (Å²) in [4.78, 5) is 28.2. The first-order chi connectivity index (χ1) is 13.0. The number of benzene rings is 2. The van der Waals surface area contributed by atoms with Crippen LogP contribution in [0.3, 0.4) is 0 Å². The third kappa shape index (κ3) is 2.32. The van der Waals surface area contributed by atoms with Crippen molar-refractivity contribution in [2.75, 3.05) is 4.90 Å². The zero-order valence-electron chi connectivity index (χ0n) is 15.5. The molecule has 0 N–H and O–H groups in total. The number of carbonyl (C=O) groups excluding carboxylic acids is 2. The van der Waals surface area contributed by atoms with Crippen LogP contribution in [0.5, 0.6) is 0 Å². The highest BCUT2D eigenvalue weighted by atomic mass is 79.9. The van der Waals surface area contributed by atoms with Gasteiger partial charge in [-0.3, -0.25) is 9.59 Å². The standard InChI is InChI=1S/C23H22BrNO2/c1-12-13(2)19(9-8-18(12)24)25-22(26)20-15-10-16(14-6-4-3-5-7-14)17(11-15)21(20)23(25)27/h3-9,15-17,20-21H,10-11H2,1-2H3/t15-,16+,17+,20+,21+/m0/s1. The molecule has 0 spiro atoms. The summed E-state index contributed by atoms with van der Waals surface area (Å²) < 4.78 is 1.01. The number of fused-ring (bicyclic) bond motifs is 5. The minimum atomic E-state index is -0.148. The number of carbonyl (C=O) groups is 2. The molecule has 2 aromatic carbocycles. The van der Waals surface area contributed by atoms with Gasteiger partial charge < -0.3 is 0 Å². The molecule has 1 heterocycles. The Morgan fingerprint density at radius 1 is 0.889 bits per heavy atom. The molecule has 3 aliphatic rings. The molecule has 1 saturated heterocycles. The normalized spacial score (nSPS) is 31.7. The van der Waals surface area contributed by atoms with E-state index in [1.165, 1.54) is 10.5 Å². The highest BCUT2D eigenvalue weighted by Gasteiger charge is 2.64. The summed E-state index contributed by atoms with van der Waals surface area (Å²) in [6.07, 6.45) is 2.04. The minimum Gasteiger partial charge on any atom is -0.274 e. The van der Waals surface area contributed by atoms with Gasteiger partial charge in [-0.2, -0.15) is 0 Å². The van der Waals surface area contributed by atoms with Crippen molar-refractivity contribution in [2.45, 2.75) is 32.6 Å². The van der Waals surface area contributed by atoms with Gasteiger partial charge in [0.15, 0.2) is 0 Å². The first-order valence-corrected chi connectivity index (χ1v) is 10.5. The van der Waals surface area contributed by atoms with E-state index in [0.29, 0.717) is 17.8 Å². The van der Waals surface area contributed by atoms with Crippen LogP contribution in [0.25, 0.3) is 0 Å². The molecule has 0 unspecified atom stereocenters. The Hall–Kier alpha value is -1.94. The van der Waals surface area contributed by atoms with Gasteiger partial charge >= 0.3 is 0 Å². The van der Waals surface area contributed by atoms with E-state index in [0.717, 1.165) is 34.1 Å². The Balaban J connectivity index is 1.52. The SMILES string of the molecule is Cc1c(Br)ccc(N2C(=O)[C@@H]3[C@@H]4C[C@@H]([C@H]3C2=O)[C@@H](c2ccccc2)C4)c1C. The van der Waals surface area contributed by atoms with Crippen LogP contribution in [0.2, 0.25) is 0 Å². The van der Waals surface area contributed by atoms with Crippen molar-refractivity contribution < 1.29 is 9.59 Å². The molecule has 2 amide bonds. The number of halogens is 1. The highest BCUT2D eigenvalue weighted by Crippen LogP contribution is 2.62. The topological polar surface area (TPSA) is 37.4 Å². The second kappa shape index (κ2) is 6.03. The van der Waals surface area contributed by atoms with E-state index in [1.54, 1.807) is 0 Å². The van der Waals surface area contributed by atoms with Crippen LogP contribution in [0.4, 0.5) is 5.69 Å². The summed E-state index contributed by atoms with van der Waals surface area (Å²) in [6, 6.07) is 14.3. The van der Waals surface area contributed by atoms with E-state index in [9.17, 15) is 9.59 Å². The largest absolute Gasteiger partial charge is 0.274 e. The molecule has 138 valence electrons. The molecule has 5 atom stereocenters. The van der Waals surface area contributed by atoms with Crippen LogP contribution in [0, 0.1) is 37.5 Å². The number of amides is 2. The molecule has 2 aromatic rings. The molecule has 2 aliphatic carbocycles. The maximum Gasteiger partial charge on any atom is 0.238 e. The summed E-state index contributed by atoms with van der Waals surface area (Å²) in [5.74, 6) is 0.804. The summed E-state index contributed by atoms with van der Waals surface area (Å²) in [5.41, 5.74) is 4.15. The quantitative estimate of drug-likeness (QED) is 0.637. The van der Waals surface area contributed by atoms with Gasteiger partial charge in [-0.1, -0.05) is 46.3 Å². The lowest BCUT2D eigenvalue weighted by atomic mass is 9.73. The highest BCUT2D eigenvalue weighted by molar-refractivity contribution is 9.10. The third-order valence-corrected chi connectivity index (χ3v) is 8.04. The van der Waals surface area contributed by atoms with Gasteiger partial charge in [0.2, 0.25) is 11.8 Å². The zero-order valence-corrected chi connectivity index (χ0v) is 17.1. The maximum absolute atomic E-state index is 13.4. The van der Waals surface area contributed by atoms with Crippen molar-refractivity contribution in [3.8, 4) is 0 Å². The molecule has 2 bridgehead atoms. The molecule has 27 heavy (non-hydrogen) atoms. The number of anilines is 1. The molecule has 0 aromatic heterocycles. The molecule has 2 saturated carbocycles. The van der Waals surface area contributed by atoms with Gasteiger partial charge in [0.05, 0.1) is 17.5 Å². The second-order valence-corrected chi connectivity index (χ2v) is 9.15. The van der Waals surface area contributed by atoms with Crippen molar-refractivity contribution in [3.05, 3.63) is 63.6 Å². The Kier molecular flexibility index (Phi) is 3.84. The third-order valence-electron chi connectivity index (χ3n) is 7.18. The summed E-state index contributed by atoms with van der Waals surface area (Å²) >= 11 is 3.54. The van der Waals surface area contributed by atoms with Crippen LogP contribution in [0.15, 0.2) is 46.9 Å². The van der Waals surface area contributed by atoms with Crippen molar-refractivity contribution in [3.63, 3.8) is 0 Å². The number of hydrogen-bond donors (Lipinski definition) is 0. The monoisotopic (exact) mass is 423 g/mol. The number of imide groups is 1. The molecular weight excluding hydrogens is 402 g/mol. The first-order valence-electron chi connectivity index (χ1n) is 9.67. The van der Waals surface area contributed by atoms with Crippen molar-refractivity contribution in [2.24, 2.45) is 23.7 Å². The van der Waals surface area contributed by atoms with Crippen LogP contribution in [-0.2, 0) is 9.59 Å². The predicted octanol–water partition coefficient (Wildman–Crippen LogP) is 5.00. The maximum atomic E-state index is 13.4. The fourth-order valence-electron chi connectivity index (χ4n) is 5.80. The minimum absolute atomic E-state index is 0.0166. The van der Waals surface area contributed by atoms with E-state index in [2.05, 4.69) is 40.2 Å². The molecule has 3 nitrogen and oxygen atoms in total. The Bertz CT molecular complexity index is 954. The van der Waals surface area contributed by atoms with E-state index < -0.39 is 0 Å². The van der Waals surface area contributed by atoms with Crippen LogP contribution in [0.1, 0.15) is 35.4 Å². The summed E-state index contributed by atoms with van der Waals surface area (Å²) in [7, 11) is 0. The number of hydrogen-bond acceptors (Lipinski definition) is 2. The summed E-state index contributed by atoms with van der Waals surface area (Å²) in [6.45, 7) is 4.01. The second-order valence-electron chi connectivity index (χ2n) is 8.29. The van der Waals surface area contributed by atoms with Crippen molar-refractivity contribution >= 4 is 33.4 Å². The summed E-state index contributed by atoms with van der Waals surface area (Å²) in [5, 5.41) is 0. The number of nitrogens with zero attached hydrogens (tertiary/aromatic N) is 1. The van der Waals surface area contributed by atoms with E-state index in [1.807, 2.05) is 32.0 Å². The molecule has 1 aliphatic heterocycles.